The molecular weight excluding hydrogens is 238 g/mol. The van der Waals surface area contributed by atoms with E-state index >= 15 is 0 Å². The van der Waals surface area contributed by atoms with Crippen molar-refractivity contribution in [3.8, 4) is 0 Å². The van der Waals surface area contributed by atoms with Gasteiger partial charge in [-0.2, -0.15) is 0 Å². The highest BCUT2D eigenvalue weighted by Crippen LogP contribution is 1.99. The lowest BCUT2D eigenvalue weighted by Gasteiger charge is -2.21. The van der Waals surface area contributed by atoms with Crippen molar-refractivity contribution in [1.82, 2.24) is 4.90 Å². The number of nitrogens with zero attached hydrogens (tertiary/aromatic N) is 1. The lowest BCUT2D eigenvalue weighted by atomic mass is 10.2. The van der Waals surface area contributed by atoms with Crippen molar-refractivity contribution in [3.05, 3.63) is 0 Å². The molecular formula is C16H35NO2. The van der Waals surface area contributed by atoms with Crippen LogP contribution in [0.4, 0.5) is 0 Å². The Morgan fingerprint density at radius 1 is 0.579 bits per heavy atom. The number of hydrogen-bond acceptors (Lipinski definition) is 3. The van der Waals surface area contributed by atoms with Gasteiger partial charge in [-0.05, 0) is 32.4 Å². The first-order chi connectivity index (χ1) is 9.35. The largest absolute Gasteiger partial charge is 0.379 e. The van der Waals surface area contributed by atoms with Crippen molar-refractivity contribution in [3.63, 3.8) is 0 Å². The predicted octanol–water partition coefficient (Wildman–Crippen LogP) is 3.72. The second-order valence-electron chi connectivity index (χ2n) is 5.13. The monoisotopic (exact) mass is 273 g/mol. The van der Waals surface area contributed by atoms with Gasteiger partial charge >= 0.3 is 0 Å². The molecule has 0 aromatic carbocycles. The summed E-state index contributed by atoms with van der Waals surface area (Å²) in [6.45, 7) is 13.4. The topological polar surface area (TPSA) is 21.7 Å². The molecule has 19 heavy (non-hydrogen) atoms. The van der Waals surface area contributed by atoms with Gasteiger partial charge in [0.1, 0.15) is 0 Å². The number of hydrogen-bond donors (Lipinski definition) is 0. The van der Waals surface area contributed by atoms with Crippen LogP contribution in [0.1, 0.15) is 59.3 Å². The predicted molar refractivity (Wildman–Crippen MR) is 82.8 cm³/mol. The zero-order valence-corrected chi connectivity index (χ0v) is 13.5. The Labute approximate surface area is 120 Å². The summed E-state index contributed by atoms with van der Waals surface area (Å²) in [6.07, 6.45) is 7.49. The molecule has 0 rings (SSSR count). The van der Waals surface area contributed by atoms with Gasteiger partial charge in [-0.25, -0.2) is 0 Å². The van der Waals surface area contributed by atoms with Crippen molar-refractivity contribution in [1.29, 1.82) is 0 Å². The molecule has 0 saturated carbocycles. The van der Waals surface area contributed by atoms with Crippen LogP contribution >= 0.6 is 0 Å². The third-order valence-corrected chi connectivity index (χ3v) is 3.22. The molecule has 0 N–H and O–H groups in total. The zero-order chi connectivity index (χ0) is 14.2. The molecule has 3 heteroatoms. The van der Waals surface area contributed by atoms with Crippen molar-refractivity contribution < 1.29 is 9.47 Å². The molecule has 0 aromatic heterocycles. The summed E-state index contributed by atoms with van der Waals surface area (Å²) in [5, 5.41) is 0. The molecule has 0 atom stereocenters. The average molecular weight is 273 g/mol. The van der Waals surface area contributed by atoms with E-state index in [4.69, 9.17) is 9.47 Å². The van der Waals surface area contributed by atoms with Crippen LogP contribution in [0.25, 0.3) is 0 Å². The van der Waals surface area contributed by atoms with E-state index in [0.717, 1.165) is 39.4 Å². The molecule has 0 fully saturated rings. The van der Waals surface area contributed by atoms with Crippen LogP contribution in [0.3, 0.4) is 0 Å². The molecule has 0 radical (unpaired) electrons. The molecule has 0 aromatic rings. The molecule has 0 heterocycles. The van der Waals surface area contributed by atoms with Gasteiger partial charge in [-0.15, -0.1) is 0 Å². The van der Waals surface area contributed by atoms with Gasteiger partial charge in [0.15, 0.2) is 0 Å². The molecule has 0 bridgehead atoms. The van der Waals surface area contributed by atoms with E-state index in [1.807, 2.05) is 0 Å². The Bertz CT molecular complexity index is 157. The lowest BCUT2D eigenvalue weighted by molar-refractivity contribution is 0.0375. The maximum Gasteiger partial charge on any atom is 0.0701 e. The number of unbranched alkanes of at least 4 members (excludes halogenated alkanes) is 3. The van der Waals surface area contributed by atoms with Gasteiger partial charge in [0.05, 0.1) is 19.8 Å². The molecule has 0 aliphatic rings. The Morgan fingerprint density at radius 2 is 1.11 bits per heavy atom. The third-order valence-electron chi connectivity index (χ3n) is 3.22. The van der Waals surface area contributed by atoms with E-state index in [-0.39, 0.29) is 0 Å². The zero-order valence-electron chi connectivity index (χ0n) is 13.5. The second-order valence-corrected chi connectivity index (χ2v) is 5.13. The summed E-state index contributed by atoms with van der Waals surface area (Å²) < 4.78 is 11.1. The average Bonchev–Trinajstić information content (AvgIpc) is 2.43. The van der Waals surface area contributed by atoms with Crippen LogP contribution in [0.5, 0.6) is 0 Å². The maximum absolute atomic E-state index is 5.64. The molecule has 0 saturated heterocycles. The summed E-state index contributed by atoms with van der Waals surface area (Å²) in [4.78, 5) is 2.53. The lowest BCUT2D eigenvalue weighted by Crippen LogP contribution is -2.30. The van der Waals surface area contributed by atoms with Gasteiger partial charge in [0.2, 0.25) is 0 Å². The Morgan fingerprint density at radius 3 is 1.63 bits per heavy atom. The molecule has 116 valence electrons. The van der Waals surface area contributed by atoms with Crippen LogP contribution in [0, 0.1) is 0 Å². The minimum Gasteiger partial charge on any atom is -0.379 e. The summed E-state index contributed by atoms with van der Waals surface area (Å²) in [5.41, 5.74) is 0. The Hall–Kier alpha value is -0.120. The number of rotatable bonds is 15. The summed E-state index contributed by atoms with van der Waals surface area (Å²) in [7, 11) is 0. The third kappa shape index (κ3) is 14.1. The van der Waals surface area contributed by atoms with Gasteiger partial charge in [0.25, 0.3) is 0 Å². The van der Waals surface area contributed by atoms with E-state index in [1.165, 1.54) is 45.2 Å². The first-order valence-electron chi connectivity index (χ1n) is 8.22. The first kappa shape index (κ1) is 18.9. The highest BCUT2D eigenvalue weighted by Gasteiger charge is 2.03. The summed E-state index contributed by atoms with van der Waals surface area (Å²) in [5.74, 6) is 0. The van der Waals surface area contributed by atoms with E-state index in [9.17, 15) is 0 Å². The summed E-state index contributed by atoms with van der Waals surface area (Å²) in [6, 6.07) is 0. The smallest absolute Gasteiger partial charge is 0.0701 e. The van der Waals surface area contributed by atoms with E-state index in [2.05, 4.69) is 25.7 Å². The van der Waals surface area contributed by atoms with E-state index in [1.54, 1.807) is 0 Å². The van der Waals surface area contributed by atoms with Crippen molar-refractivity contribution in [2.24, 2.45) is 0 Å². The molecule has 0 unspecified atom stereocenters. The van der Waals surface area contributed by atoms with Gasteiger partial charge < -0.3 is 14.4 Å². The van der Waals surface area contributed by atoms with E-state index < -0.39 is 0 Å². The minimum atomic E-state index is 0.735. The summed E-state index contributed by atoms with van der Waals surface area (Å²) >= 11 is 0. The minimum absolute atomic E-state index is 0.735. The van der Waals surface area contributed by atoms with Gasteiger partial charge in [-0.1, -0.05) is 40.0 Å². The Balaban J connectivity index is 3.40. The quantitative estimate of drug-likeness (QED) is 0.424. The molecule has 0 aliphatic carbocycles. The Kier molecular flexibility index (Phi) is 15.8. The van der Waals surface area contributed by atoms with Gasteiger partial charge in [0, 0.05) is 13.2 Å². The van der Waals surface area contributed by atoms with Crippen molar-refractivity contribution in [2.75, 3.05) is 46.1 Å². The standard InChI is InChI=1S/C16H35NO2/c1-4-7-10-17(11-8-5-2)12-14-19-16-15-18-13-9-6-3/h4-16H2,1-3H3. The van der Waals surface area contributed by atoms with Gasteiger partial charge in [-0.3, -0.25) is 0 Å². The van der Waals surface area contributed by atoms with Crippen LogP contribution < -0.4 is 0 Å². The molecule has 3 nitrogen and oxygen atoms in total. The molecule has 0 aliphatic heterocycles. The number of ether oxygens (including phenoxy) is 2. The fraction of sp³-hybridized carbons (Fsp3) is 1.00. The fourth-order valence-corrected chi connectivity index (χ4v) is 1.86. The van der Waals surface area contributed by atoms with Crippen LogP contribution in [0.15, 0.2) is 0 Å². The van der Waals surface area contributed by atoms with E-state index in [0.29, 0.717) is 0 Å². The molecule has 0 spiro atoms. The fourth-order valence-electron chi connectivity index (χ4n) is 1.86. The van der Waals surface area contributed by atoms with Crippen LogP contribution in [0.2, 0.25) is 0 Å². The normalized spacial score (nSPS) is 11.4. The van der Waals surface area contributed by atoms with Crippen molar-refractivity contribution >= 4 is 0 Å². The maximum atomic E-state index is 5.64. The molecule has 0 amide bonds. The second kappa shape index (κ2) is 15.9. The highest BCUT2D eigenvalue weighted by molar-refractivity contribution is 4.57. The van der Waals surface area contributed by atoms with Crippen LogP contribution in [-0.4, -0.2) is 51.0 Å². The van der Waals surface area contributed by atoms with Crippen LogP contribution in [-0.2, 0) is 9.47 Å². The highest BCUT2D eigenvalue weighted by atomic mass is 16.5. The van der Waals surface area contributed by atoms with Crippen molar-refractivity contribution in [2.45, 2.75) is 59.3 Å². The first-order valence-corrected chi connectivity index (χ1v) is 8.22. The SMILES string of the molecule is CCCCOCCOCCN(CCCC)CCCC.